The van der Waals surface area contributed by atoms with Crippen molar-refractivity contribution in [2.24, 2.45) is 0 Å². The van der Waals surface area contributed by atoms with Crippen molar-refractivity contribution in [3.8, 4) is 0 Å². The third-order valence-corrected chi connectivity index (χ3v) is 2.52. The Morgan fingerprint density at radius 3 is 2.75 bits per heavy atom. The molecule has 0 saturated carbocycles. The quantitative estimate of drug-likeness (QED) is 0.789. The molecule has 0 aliphatic rings. The van der Waals surface area contributed by atoms with Crippen LogP contribution in [0.4, 0.5) is 0 Å². The van der Waals surface area contributed by atoms with Crippen LogP contribution in [-0.2, 0) is 0 Å². The van der Waals surface area contributed by atoms with Crippen LogP contribution in [0, 0.1) is 6.92 Å². The molecular weight excluding hydrogens is 303 g/mol. The number of carbonyl (C=O) groups excluding carboxylic acids is 1. The smallest absolute Gasteiger partial charge is 0.291 e. The molecule has 2 aromatic heterocycles. The maximum Gasteiger partial charge on any atom is 0.291 e. The van der Waals surface area contributed by atoms with E-state index in [0.29, 0.717) is 12.3 Å². The third kappa shape index (κ3) is 4.29. The minimum atomic E-state index is -0.268. The van der Waals surface area contributed by atoms with Crippen molar-refractivity contribution in [3.05, 3.63) is 23.8 Å². The van der Waals surface area contributed by atoms with Crippen LogP contribution < -0.4 is 10.6 Å². The van der Waals surface area contributed by atoms with Crippen LogP contribution in [-0.4, -0.2) is 45.6 Å². The van der Waals surface area contributed by atoms with E-state index in [1.807, 2.05) is 20.0 Å². The standard InChI is InChI=1S/C11H16N6O.2ClH/c1-8-4-7-14-11-15-9(16-17(8)11)10(18)13-6-3-5-12-2;;/h4,7,12H,3,5-6H2,1-2H3,(H,13,18);2*1H. The lowest BCUT2D eigenvalue weighted by Gasteiger charge is -2.01. The Hall–Kier alpha value is -1.44. The van der Waals surface area contributed by atoms with Crippen molar-refractivity contribution in [2.75, 3.05) is 20.1 Å². The molecule has 0 aliphatic heterocycles. The Morgan fingerprint density at radius 1 is 1.35 bits per heavy atom. The summed E-state index contributed by atoms with van der Waals surface area (Å²) in [5, 5.41) is 9.91. The lowest BCUT2D eigenvalue weighted by molar-refractivity contribution is 0.0943. The number of hydrogen-bond donors (Lipinski definition) is 2. The number of aryl methyl sites for hydroxylation is 1. The zero-order valence-electron chi connectivity index (χ0n) is 11.3. The second-order valence-corrected chi connectivity index (χ2v) is 3.95. The van der Waals surface area contributed by atoms with Gasteiger partial charge in [0.1, 0.15) is 0 Å². The molecule has 0 spiro atoms. The molecule has 2 rings (SSSR count). The van der Waals surface area contributed by atoms with E-state index in [1.54, 1.807) is 10.7 Å². The molecule has 0 atom stereocenters. The molecule has 20 heavy (non-hydrogen) atoms. The second-order valence-electron chi connectivity index (χ2n) is 3.95. The van der Waals surface area contributed by atoms with E-state index in [1.165, 1.54) is 0 Å². The summed E-state index contributed by atoms with van der Waals surface area (Å²) in [6.45, 7) is 3.35. The molecule has 2 N–H and O–H groups in total. The molecule has 2 aromatic rings. The van der Waals surface area contributed by atoms with E-state index in [-0.39, 0.29) is 36.5 Å². The van der Waals surface area contributed by atoms with Crippen molar-refractivity contribution < 1.29 is 4.79 Å². The summed E-state index contributed by atoms with van der Waals surface area (Å²) in [5.41, 5.74) is 0.890. The highest BCUT2D eigenvalue weighted by Gasteiger charge is 2.13. The molecule has 2 heterocycles. The van der Waals surface area contributed by atoms with Crippen LogP contribution in [0.3, 0.4) is 0 Å². The van der Waals surface area contributed by atoms with Crippen molar-refractivity contribution in [3.63, 3.8) is 0 Å². The van der Waals surface area contributed by atoms with Crippen molar-refractivity contribution >= 4 is 36.5 Å². The zero-order chi connectivity index (χ0) is 13.0. The highest BCUT2D eigenvalue weighted by Crippen LogP contribution is 2.01. The number of halogens is 2. The molecule has 0 aliphatic carbocycles. The van der Waals surface area contributed by atoms with Crippen LogP contribution in [0.25, 0.3) is 5.78 Å². The number of fused-ring (bicyclic) bond motifs is 1. The van der Waals surface area contributed by atoms with Gasteiger partial charge in [0.2, 0.25) is 5.82 Å². The number of nitrogens with one attached hydrogen (secondary N) is 2. The summed E-state index contributed by atoms with van der Waals surface area (Å²) in [6.07, 6.45) is 2.51. The number of rotatable bonds is 5. The fourth-order valence-corrected chi connectivity index (χ4v) is 1.55. The molecule has 0 aromatic carbocycles. The largest absolute Gasteiger partial charge is 0.349 e. The molecular formula is C11H18Cl2N6O. The zero-order valence-corrected chi connectivity index (χ0v) is 12.9. The topological polar surface area (TPSA) is 84.2 Å². The van der Waals surface area contributed by atoms with Gasteiger partial charge in [-0.3, -0.25) is 4.79 Å². The van der Waals surface area contributed by atoms with E-state index in [4.69, 9.17) is 0 Å². The summed E-state index contributed by atoms with van der Waals surface area (Å²) in [7, 11) is 1.87. The van der Waals surface area contributed by atoms with Gasteiger partial charge in [0, 0.05) is 18.4 Å². The lowest BCUT2D eigenvalue weighted by Crippen LogP contribution is -2.27. The Balaban J connectivity index is 0.00000180. The van der Waals surface area contributed by atoms with Crippen molar-refractivity contribution in [1.82, 2.24) is 30.2 Å². The van der Waals surface area contributed by atoms with Gasteiger partial charge in [-0.2, -0.15) is 4.98 Å². The van der Waals surface area contributed by atoms with Crippen LogP contribution in [0.15, 0.2) is 12.3 Å². The number of aromatic nitrogens is 4. The molecule has 1 amide bonds. The van der Waals surface area contributed by atoms with Gasteiger partial charge in [0.15, 0.2) is 0 Å². The first-order valence-corrected chi connectivity index (χ1v) is 5.83. The fourth-order valence-electron chi connectivity index (χ4n) is 1.55. The molecule has 0 saturated heterocycles. The van der Waals surface area contributed by atoms with Crippen molar-refractivity contribution in [1.29, 1.82) is 0 Å². The minimum Gasteiger partial charge on any atom is -0.349 e. The molecule has 112 valence electrons. The summed E-state index contributed by atoms with van der Waals surface area (Å²) in [6, 6.07) is 1.82. The number of amides is 1. The number of carbonyl (C=O) groups is 1. The predicted octanol–water partition coefficient (Wildman–Crippen LogP) is 0.616. The van der Waals surface area contributed by atoms with Gasteiger partial charge in [-0.05, 0) is 33.0 Å². The highest BCUT2D eigenvalue weighted by atomic mass is 35.5. The normalized spacial score (nSPS) is 9.70. The molecule has 0 radical (unpaired) electrons. The predicted molar refractivity (Wildman–Crippen MR) is 80.9 cm³/mol. The van der Waals surface area contributed by atoms with Gasteiger partial charge in [-0.1, -0.05) is 0 Å². The lowest BCUT2D eigenvalue weighted by atomic mass is 10.4. The van der Waals surface area contributed by atoms with E-state index in [9.17, 15) is 4.79 Å². The minimum absolute atomic E-state index is 0. The summed E-state index contributed by atoms with van der Waals surface area (Å²) in [4.78, 5) is 19.9. The maximum absolute atomic E-state index is 11.8. The van der Waals surface area contributed by atoms with E-state index >= 15 is 0 Å². The van der Waals surface area contributed by atoms with Gasteiger partial charge in [0.25, 0.3) is 11.7 Å². The van der Waals surface area contributed by atoms with E-state index in [0.717, 1.165) is 18.7 Å². The van der Waals surface area contributed by atoms with Gasteiger partial charge >= 0.3 is 0 Å². The van der Waals surface area contributed by atoms with Crippen LogP contribution >= 0.6 is 24.8 Å². The van der Waals surface area contributed by atoms with Crippen LogP contribution in [0.5, 0.6) is 0 Å². The van der Waals surface area contributed by atoms with Crippen molar-refractivity contribution in [2.45, 2.75) is 13.3 Å². The third-order valence-electron chi connectivity index (χ3n) is 2.52. The monoisotopic (exact) mass is 320 g/mol. The Bertz CT molecular complexity index is 559. The first-order valence-electron chi connectivity index (χ1n) is 5.83. The van der Waals surface area contributed by atoms with Crippen LogP contribution in [0.2, 0.25) is 0 Å². The highest BCUT2D eigenvalue weighted by molar-refractivity contribution is 5.90. The Labute approximate surface area is 129 Å². The molecule has 9 heteroatoms. The molecule has 7 nitrogen and oxygen atoms in total. The average molecular weight is 321 g/mol. The van der Waals surface area contributed by atoms with E-state index in [2.05, 4.69) is 25.7 Å². The van der Waals surface area contributed by atoms with Crippen LogP contribution in [0.1, 0.15) is 22.7 Å². The summed E-state index contributed by atoms with van der Waals surface area (Å²) >= 11 is 0. The Morgan fingerprint density at radius 2 is 2.10 bits per heavy atom. The van der Waals surface area contributed by atoms with Gasteiger partial charge in [-0.25, -0.2) is 9.50 Å². The second kappa shape index (κ2) is 8.68. The van der Waals surface area contributed by atoms with Gasteiger partial charge in [-0.15, -0.1) is 29.9 Å². The molecule has 0 fully saturated rings. The fraction of sp³-hybridized carbons (Fsp3) is 0.455. The number of nitrogens with zero attached hydrogens (tertiary/aromatic N) is 4. The first-order chi connectivity index (χ1) is 8.72. The number of hydrogen-bond acceptors (Lipinski definition) is 5. The SMILES string of the molecule is CNCCCNC(=O)c1nc2nccc(C)n2n1.Cl.Cl. The molecule has 0 bridgehead atoms. The first kappa shape index (κ1) is 18.6. The van der Waals surface area contributed by atoms with Gasteiger partial charge in [0.05, 0.1) is 0 Å². The summed E-state index contributed by atoms with van der Waals surface area (Å²) < 4.78 is 1.56. The molecule has 0 unspecified atom stereocenters. The van der Waals surface area contributed by atoms with Gasteiger partial charge < -0.3 is 10.6 Å². The Kier molecular flexibility index (Phi) is 8.05. The summed E-state index contributed by atoms with van der Waals surface area (Å²) in [5.74, 6) is 0.327. The average Bonchev–Trinajstić information content (AvgIpc) is 2.80. The maximum atomic E-state index is 11.8. The van der Waals surface area contributed by atoms with E-state index < -0.39 is 0 Å².